The average molecular weight is 480 g/mol. The Balaban J connectivity index is 1.55. The second-order valence-corrected chi connectivity index (χ2v) is 9.37. The molecule has 0 unspecified atom stereocenters. The van der Waals surface area contributed by atoms with Gasteiger partial charge in [-0.05, 0) is 34.4 Å². The number of nitrogens with one attached hydrogen (secondary N) is 1. The largest absolute Gasteiger partial charge is 0.497 e. The van der Waals surface area contributed by atoms with Crippen molar-refractivity contribution < 1.29 is 14.6 Å². The Kier molecular flexibility index (Phi) is 7.47. The van der Waals surface area contributed by atoms with Gasteiger partial charge in [0.15, 0.2) is 0 Å². The van der Waals surface area contributed by atoms with E-state index in [1.54, 1.807) is 7.11 Å². The van der Waals surface area contributed by atoms with E-state index in [2.05, 4.69) is 90.2 Å². The van der Waals surface area contributed by atoms with E-state index >= 15 is 0 Å². The Morgan fingerprint density at radius 1 is 0.722 bits per heavy atom. The first-order valence-corrected chi connectivity index (χ1v) is 12.6. The monoisotopic (exact) mass is 479 g/mol. The molecule has 0 bridgehead atoms. The number of aliphatic hydroxyl groups is 1. The summed E-state index contributed by atoms with van der Waals surface area (Å²) < 4.78 is 12.4. The van der Waals surface area contributed by atoms with Crippen LogP contribution >= 0.6 is 0 Å². The number of benzene rings is 4. The van der Waals surface area contributed by atoms with Crippen molar-refractivity contribution in [3.05, 3.63) is 138 Å². The fraction of sp³-hybridized carbons (Fsp3) is 0.250. The maximum atomic E-state index is 11.1. The Labute approximate surface area is 213 Å². The summed E-state index contributed by atoms with van der Waals surface area (Å²) in [4.78, 5) is 0. The molecule has 5 rings (SSSR count). The minimum atomic E-state index is -0.781. The van der Waals surface area contributed by atoms with Crippen molar-refractivity contribution in [2.75, 3.05) is 26.8 Å². The Bertz CT molecular complexity index is 1120. The molecule has 184 valence electrons. The number of rotatable bonds is 8. The third-order valence-corrected chi connectivity index (χ3v) is 7.24. The fourth-order valence-electron chi connectivity index (χ4n) is 5.47. The van der Waals surface area contributed by atoms with Crippen LogP contribution in [-0.2, 0) is 10.3 Å². The predicted octanol–water partition coefficient (Wildman–Crippen LogP) is 5.37. The molecule has 3 atom stereocenters. The lowest BCUT2D eigenvalue weighted by atomic mass is 9.78. The summed E-state index contributed by atoms with van der Waals surface area (Å²) in [7, 11) is 1.67. The number of hydrogen-bond donors (Lipinski definition) is 2. The van der Waals surface area contributed by atoms with Crippen molar-refractivity contribution in [3.63, 3.8) is 0 Å². The molecule has 2 N–H and O–H groups in total. The van der Waals surface area contributed by atoms with Gasteiger partial charge in [-0.1, -0.05) is 103 Å². The molecule has 4 aromatic rings. The van der Waals surface area contributed by atoms with Crippen LogP contribution in [-0.4, -0.2) is 38.0 Å². The quantitative estimate of drug-likeness (QED) is 0.334. The molecule has 0 aliphatic carbocycles. The van der Waals surface area contributed by atoms with Crippen molar-refractivity contribution in [1.82, 2.24) is 5.32 Å². The number of hydrogen-bond acceptors (Lipinski definition) is 4. The Morgan fingerprint density at radius 2 is 1.22 bits per heavy atom. The molecule has 1 saturated heterocycles. The predicted molar refractivity (Wildman–Crippen MR) is 143 cm³/mol. The van der Waals surface area contributed by atoms with E-state index in [0.29, 0.717) is 13.2 Å². The van der Waals surface area contributed by atoms with Crippen LogP contribution in [0.2, 0.25) is 0 Å². The molecule has 0 spiro atoms. The van der Waals surface area contributed by atoms with Crippen molar-refractivity contribution >= 4 is 0 Å². The zero-order chi connectivity index (χ0) is 24.8. The summed E-state index contributed by atoms with van der Waals surface area (Å²) in [5.41, 5.74) is 3.55. The van der Waals surface area contributed by atoms with Gasteiger partial charge in [-0.2, -0.15) is 0 Å². The molecular weight excluding hydrogens is 446 g/mol. The van der Waals surface area contributed by atoms with Gasteiger partial charge in [0.25, 0.3) is 0 Å². The molecule has 0 aromatic heterocycles. The maximum absolute atomic E-state index is 11.1. The van der Waals surface area contributed by atoms with E-state index in [1.165, 1.54) is 0 Å². The molecule has 1 fully saturated rings. The fourth-order valence-corrected chi connectivity index (χ4v) is 5.47. The molecule has 4 nitrogen and oxygen atoms in total. The van der Waals surface area contributed by atoms with Gasteiger partial charge >= 0.3 is 0 Å². The second kappa shape index (κ2) is 11.1. The van der Waals surface area contributed by atoms with E-state index < -0.39 is 11.7 Å². The van der Waals surface area contributed by atoms with Gasteiger partial charge < -0.3 is 19.9 Å². The molecule has 1 heterocycles. The lowest BCUT2D eigenvalue weighted by Gasteiger charge is -2.41. The highest BCUT2D eigenvalue weighted by Gasteiger charge is 2.40. The standard InChI is InChI=1S/C32H33NO3/c1-35-29-19-17-24(18-20-29)31-25(21-33-22-30(31)34)23-36-32(26-11-5-2-6-12-26,27-13-7-3-8-14-27)28-15-9-4-10-16-28/h2-20,25,30-31,33-34H,21-23H2,1H3/t25-,30-,31-/m0/s1. The van der Waals surface area contributed by atoms with Crippen LogP contribution in [0, 0.1) is 5.92 Å². The number of β-amino-alcohol motifs (C(OH)–C–C–N with tert-alkyl or cyclic N) is 1. The topological polar surface area (TPSA) is 50.7 Å². The van der Waals surface area contributed by atoms with Crippen molar-refractivity contribution in [1.29, 1.82) is 0 Å². The zero-order valence-electron chi connectivity index (χ0n) is 20.6. The highest BCUT2D eigenvalue weighted by Crippen LogP contribution is 2.42. The SMILES string of the molecule is COc1ccc([C@H]2[C@H](COC(c3ccccc3)(c3ccccc3)c3ccccc3)CNC[C@@H]2O)cc1. The first kappa shape index (κ1) is 24.3. The van der Waals surface area contributed by atoms with Gasteiger partial charge in [-0.25, -0.2) is 0 Å². The lowest BCUT2D eigenvalue weighted by Crippen LogP contribution is -2.48. The number of piperidine rings is 1. The smallest absolute Gasteiger partial charge is 0.143 e. The van der Waals surface area contributed by atoms with Crippen LogP contribution in [0.5, 0.6) is 5.75 Å². The Hall–Kier alpha value is -3.44. The molecule has 1 aliphatic heterocycles. The van der Waals surface area contributed by atoms with Gasteiger partial charge in [0.1, 0.15) is 11.4 Å². The molecule has 0 amide bonds. The zero-order valence-corrected chi connectivity index (χ0v) is 20.6. The third-order valence-electron chi connectivity index (χ3n) is 7.24. The number of methoxy groups -OCH3 is 1. The molecule has 0 saturated carbocycles. The van der Waals surface area contributed by atoms with Gasteiger partial charge in [-0.3, -0.25) is 0 Å². The van der Waals surface area contributed by atoms with E-state index in [-0.39, 0.29) is 11.8 Å². The summed E-state index contributed by atoms with van der Waals surface area (Å²) in [5, 5.41) is 14.5. The first-order valence-electron chi connectivity index (χ1n) is 12.6. The van der Waals surface area contributed by atoms with Gasteiger partial charge in [0.05, 0.1) is 19.8 Å². The van der Waals surface area contributed by atoms with E-state index in [9.17, 15) is 5.11 Å². The van der Waals surface area contributed by atoms with Crippen LogP contribution in [0.1, 0.15) is 28.2 Å². The minimum Gasteiger partial charge on any atom is -0.497 e. The summed E-state index contributed by atoms with van der Waals surface area (Å²) in [6, 6.07) is 39.3. The van der Waals surface area contributed by atoms with Crippen LogP contribution < -0.4 is 10.1 Å². The van der Waals surface area contributed by atoms with Crippen LogP contribution in [0.15, 0.2) is 115 Å². The lowest BCUT2D eigenvalue weighted by molar-refractivity contribution is -0.0322. The molecule has 0 radical (unpaired) electrons. The normalized spacial score (nSPS) is 20.1. The summed E-state index contributed by atoms with van der Waals surface area (Å²) in [6.07, 6.45) is -0.500. The van der Waals surface area contributed by atoms with E-state index in [1.807, 2.05) is 30.3 Å². The van der Waals surface area contributed by atoms with E-state index in [4.69, 9.17) is 9.47 Å². The maximum Gasteiger partial charge on any atom is 0.143 e. The first-order chi connectivity index (χ1) is 17.7. The molecule has 1 aliphatic rings. The number of ether oxygens (including phenoxy) is 2. The minimum absolute atomic E-state index is 0.0443. The summed E-state index contributed by atoms with van der Waals surface area (Å²) >= 11 is 0. The van der Waals surface area contributed by atoms with Crippen LogP contribution in [0.25, 0.3) is 0 Å². The third kappa shape index (κ3) is 4.80. The van der Waals surface area contributed by atoms with Crippen molar-refractivity contribution in [2.45, 2.75) is 17.6 Å². The van der Waals surface area contributed by atoms with Crippen molar-refractivity contribution in [3.8, 4) is 5.75 Å². The van der Waals surface area contributed by atoms with Crippen molar-refractivity contribution in [2.24, 2.45) is 5.92 Å². The molecular formula is C32H33NO3. The second-order valence-electron chi connectivity index (χ2n) is 9.37. The van der Waals surface area contributed by atoms with Gasteiger partial charge in [0.2, 0.25) is 0 Å². The highest BCUT2D eigenvalue weighted by molar-refractivity contribution is 5.47. The van der Waals surface area contributed by atoms with Crippen LogP contribution in [0.3, 0.4) is 0 Å². The van der Waals surface area contributed by atoms with Crippen LogP contribution in [0.4, 0.5) is 0 Å². The average Bonchev–Trinajstić information content (AvgIpc) is 2.95. The molecule has 4 aromatic carbocycles. The highest BCUT2D eigenvalue weighted by atomic mass is 16.5. The van der Waals surface area contributed by atoms with E-state index in [0.717, 1.165) is 34.5 Å². The van der Waals surface area contributed by atoms with Gasteiger partial charge in [0, 0.05) is 24.9 Å². The van der Waals surface area contributed by atoms with Gasteiger partial charge in [-0.15, -0.1) is 0 Å². The molecule has 36 heavy (non-hydrogen) atoms. The summed E-state index contributed by atoms with van der Waals surface area (Å²) in [5.74, 6) is 0.848. The summed E-state index contributed by atoms with van der Waals surface area (Å²) in [6.45, 7) is 1.80. The number of aliphatic hydroxyl groups excluding tert-OH is 1. The Morgan fingerprint density at radius 3 is 1.69 bits per heavy atom. The molecule has 4 heteroatoms.